The van der Waals surface area contributed by atoms with Crippen molar-refractivity contribution in [2.24, 2.45) is 16.8 Å². The zero-order chi connectivity index (χ0) is 14.8. The van der Waals surface area contributed by atoms with Crippen molar-refractivity contribution in [1.82, 2.24) is 0 Å². The molecule has 0 aromatic heterocycles. The standard InChI is InChI=1S/C12H18N2O4S/c1-7(12(13)15)6-18-10-4-5-11(19(14,16)17)9(3)8(10)2/h4-5,7H,6H2,1-3H3,(H2,13,15)(H2,14,16,17). The lowest BCUT2D eigenvalue weighted by atomic mass is 10.1. The smallest absolute Gasteiger partial charge is 0.238 e. The van der Waals surface area contributed by atoms with E-state index in [4.69, 9.17) is 15.6 Å². The highest BCUT2D eigenvalue weighted by molar-refractivity contribution is 7.89. The number of amides is 1. The maximum atomic E-state index is 11.3. The SMILES string of the molecule is Cc1c(OCC(C)C(N)=O)ccc(S(N)(=O)=O)c1C. The molecule has 0 spiro atoms. The Kier molecular flexibility index (Phi) is 4.54. The van der Waals surface area contributed by atoms with Crippen LogP contribution in [0.5, 0.6) is 5.75 Å². The Labute approximate surface area is 112 Å². The van der Waals surface area contributed by atoms with Gasteiger partial charge in [0.25, 0.3) is 0 Å². The van der Waals surface area contributed by atoms with Crippen LogP contribution in [0.4, 0.5) is 0 Å². The minimum atomic E-state index is -3.75. The summed E-state index contributed by atoms with van der Waals surface area (Å²) in [6, 6.07) is 2.91. The molecule has 0 aliphatic rings. The van der Waals surface area contributed by atoms with Crippen molar-refractivity contribution in [3.05, 3.63) is 23.3 Å². The summed E-state index contributed by atoms with van der Waals surface area (Å²) >= 11 is 0. The lowest BCUT2D eigenvalue weighted by molar-refractivity contribution is -0.122. The molecular formula is C12H18N2O4S. The molecule has 1 rings (SSSR count). The molecule has 1 amide bonds. The van der Waals surface area contributed by atoms with Crippen LogP contribution in [0.15, 0.2) is 17.0 Å². The van der Waals surface area contributed by atoms with Gasteiger partial charge in [-0.1, -0.05) is 6.92 Å². The van der Waals surface area contributed by atoms with Gasteiger partial charge in [0.1, 0.15) is 5.75 Å². The summed E-state index contributed by atoms with van der Waals surface area (Å²) in [5.74, 6) is -0.355. The van der Waals surface area contributed by atoms with Crippen LogP contribution in [0.3, 0.4) is 0 Å². The Bertz CT molecular complexity index is 596. The Balaban J connectivity index is 3.01. The molecule has 6 nitrogen and oxygen atoms in total. The number of benzene rings is 1. The molecule has 0 fully saturated rings. The zero-order valence-electron chi connectivity index (χ0n) is 11.1. The van der Waals surface area contributed by atoms with Crippen molar-refractivity contribution in [2.75, 3.05) is 6.61 Å². The van der Waals surface area contributed by atoms with Crippen molar-refractivity contribution in [1.29, 1.82) is 0 Å². The number of hydrogen-bond donors (Lipinski definition) is 2. The molecule has 1 aromatic carbocycles. The van der Waals surface area contributed by atoms with Gasteiger partial charge in [-0.2, -0.15) is 0 Å². The number of carbonyl (C=O) groups is 1. The fourth-order valence-electron chi connectivity index (χ4n) is 1.53. The average molecular weight is 286 g/mol. The van der Waals surface area contributed by atoms with Gasteiger partial charge in [-0.3, -0.25) is 4.79 Å². The van der Waals surface area contributed by atoms with E-state index in [9.17, 15) is 13.2 Å². The van der Waals surface area contributed by atoms with Gasteiger partial charge in [0.15, 0.2) is 0 Å². The van der Waals surface area contributed by atoms with Gasteiger partial charge in [0.2, 0.25) is 15.9 Å². The lowest BCUT2D eigenvalue weighted by Gasteiger charge is -2.15. The predicted octanol–water partition coefficient (Wildman–Crippen LogP) is 0.451. The Morgan fingerprint density at radius 1 is 1.32 bits per heavy atom. The van der Waals surface area contributed by atoms with E-state index >= 15 is 0 Å². The van der Waals surface area contributed by atoms with Crippen LogP contribution in [0.2, 0.25) is 0 Å². The van der Waals surface area contributed by atoms with Crippen molar-refractivity contribution >= 4 is 15.9 Å². The molecule has 1 aromatic rings. The molecule has 0 heterocycles. The first-order valence-corrected chi connectivity index (χ1v) is 7.24. The minimum Gasteiger partial charge on any atom is -0.492 e. The lowest BCUT2D eigenvalue weighted by Crippen LogP contribution is -2.26. The van der Waals surface area contributed by atoms with E-state index in [2.05, 4.69) is 0 Å². The number of sulfonamides is 1. The number of primary amides is 1. The number of primary sulfonamides is 1. The summed E-state index contributed by atoms with van der Waals surface area (Å²) in [6.45, 7) is 5.18. The van der Waals surface area contributed by atoms with E-state index < -0.39 is 21.8 Å². The normalized spacial score (nSPS) is 13.1. The number of carbonyl (C=O) groups excluding carboxylic acids is 1. The molecule has 0 saturated heterocycles. The highest BCUT2D eigenvalue weighted by Crippen LogP contribution is 2.26. The van der Waals surface area contributed by atoms with Crippen molar-refractivity contribution in [3.63, 3.8) is 0 Å². The number of nitrogens with two attached hydrogens (primary N) is 2. The molecule has 0 aliphatic heterocycles. The summed E-state index contributed by atoms with van der Waals surface area (Å²) in [4.78, 5) is 11.0. The largest absolute Gasteiger partial charge is 0.492 e. The Morgan fingerprint density at radius 2 is 1.89 bits per heavy atom. The van der Waals surface area contributed by atoms with Crippen LogP contribution in [-0.2, 0) is 14.8 Å². The summed E-state index contributed by atoms with van der Waals surface area (Å²) in [5, 5.41) is 5.11. The molecule has 1 unspecified atom stereocenters. The zero-order valence-corrected chi connectivity index (χ0v) is 12.0. The van der Waals surface area contributed by atoms with Crippen molar-refractivity contribution in [2.45, 2.75) is 25.7 Å². The maximum Gasteiger partial charge on any atom is 0.238 e. The van der Waals surface area contributed by atoms with Gasteiger partial charge in [0, 0.05) is 0 Å². The molecule has 0 saturated carbocycles. The maximum absolute atomic E-state index is 11.3. The van der Waals surface area contributed by atoms with Crippen LogP contribution >= 0.6 is 0 Å². The number of hydrogen-bond acceptors (Lipinski definition) is 4. The number of ether oxygens (including phenoxy) is 1. The first kappa shape index (κ1) is 15.5. The highest BCUT2D eigenvalue weighted by atomic mass is 32.2. The quantitative estimate of drug-likeness (QED) is 0.818. The van der Waals surface area contributed by atoms with Crippen molar-refractivity contribution < 1.29 is 17.9 Å². The highest BCUT2D eigenvalue weighted by Gasteiger charge is 2.16. The van der Waals surface area contributed by atoms with Crippen LogP contribution in [0, 0.1) is 19.8 Å². The van der Waals surface area contributed by atoms with Gasteiger partial charge >= 0.3 is 0 Å². The monoisotopic (exact) mass is 286 g/mol. The first-order valence-electron chi connectivity index (χ1n) is 5.69. The second-order valence-corrected chi connectivity index (χ2v) is 6.00. The fraction of sp³-hybridized carbons (Fsp3) is 0.417. The topological polar surface area (TPSA) is 112 Å². The number of rotatable bonds is 5. The van der Waals surface area contributed by atoms with Gasteiger partial charge < -0.3 is 10.5 Å². The van der Waals surface area contributed by atoms with Crippen LogP contribution in [-0.4, -0.2) is 20.9 Å². The van der Waals surface area contributed by atoms with E-state index in [-0.39, 0.29) is 11.5 Å². The summed E-state index contributed by atoms with van der Waals surface area (Å²) in [7, 11) is -3.75. The third-order valence-electron chi connectivity index (χ3n) is 2.97. The second-order valence-electron chi connectivity index (χ2n) is 4.47. The van der Waals surface area contributed by atoms with Gasteiger partial charge in [-0.25, -0.2) is 13.6 Å². The van der Waals surface area contributed by atoms with Gasteiger partial charge in [0.05, 0.1) is 17.4 Å². The van der Waals surface area contributed by atoms with Gasteiger partial charge in [-0.15, -0.1) is 0 Å². The fourth-order valence-corrected chi connectivity index (χ4v) is 2.37. The molecule has 0 bridgehead atoms. The van der Waals surface area contributed by atoms with Crippen LogP contribution in [0.25, 0.3) is 0 Å². The summed E-state index contributed by atoms with van der Waals surface area (Å²) in [6.07, 6.45) is 0. The van der Waals surface area contributed by atoms with E-state index in [1.165, 1.54) is 12.1 Å². The molecule has 106 valence electrons. The molecule has 0 radical (unpaired) electrons. The molecule has 4 N–H and O–H groups in total. The van der Waals surface area contributed by atoms with Crippen LogP contribution in [0.1, 0.15) is 18.1 Å². The molecule has 1 atom stereocenters. The van der Waals surface area contributed by atoms with E-state index in [0.29, 0.717) is 16.9 Å². The third-order valence-corrected chi connectivity index (χ3v) is 4.02. The minimum absolute atomic E-state index is 0.0697. The van der Waals surface area contributed by atoms with Gasteiger partial charge in [-0.05, 0) is 37.1 Å². The van der Waals surface area contributed by atoms with E-state index in [1.807, 2.05) is 0 Å². The van der Waals surface area contributed by atoms with Crippen LogP contribution < -0.4 is 15.6 Å². The van der Waals surface area contributed by atoms with Crippen molar-refractivity contribution in [3.8, 4) is 5.75 Å². The predicted molar refractivity (Wildman–Crippen MR) is 71.1 cm³/mol. The molecule has 7 heteroatoms. The first-order chi connectivity index (χ1) is 8.64. The summed E-state index contributed by atoms with van der Waals surface area (Å²) in [5.41, 5.74) is 6.34. The molecular weight excluding hydrogens is 268 g/mol. The third kappa shape index (κ3) is 3.68. The van der Waals surface area contributed by atoms with E-state index in [1.54, 1.807) is 20.8 Å². The second kappa shape index (κ2) is 5.58. The van der Waals surface area contributed by atoms with E-state index in [0.717, 1.165) is 0 Å². The Morgan fingerprint density at radius 3 is 2.37 bits per heavy atom. The summed E-state index contributed by atoms with van der Waals surface area (Å²) < 4.78 is 28.2. The molecule has 0 aliphatic carbocycles. The Hall–Kier alpha value is -1.60. The molecule has 19 heavy (non-hydrogen) atoms. The average Bonchev–Trinajstić information content (AvgIpc) is 2.28.